The van der Waals surface area contributed by atoms with Gasteiger partial charge >= 0.3 is 0 Å². The highest BCUT2D eigenvalue weighted by Gasteiger charge is 2.20. The van der Waals surface area contributed by atoms with Crippen molar-refractivity contribution in [3.8, 4) is 0 Å². The Kier molecular flexibility index (Phi) is 2.61. The van der Waals surface area contributed by atoms with Gasteiger partial charge in [0.2, 0.25) is 0 Å². The molecule has 72 valence electrons. The monoisotopic (exact) mass is 181 g/mol. The molecule has 1 fully saturated rings. The summed E-state index contributed by atoms with van der Waals surface area (Å²) in [6.07, 6.45) is 5.11. The molecular weight excluding hydrogens is 166 g/mol. The number of nitrogens with two attached hydrogens (primary N) is 1. The van der Waals surface area contributed by atoms with Crippen molar-refractivity contribution in [1.29, 1.82) is 0 Å². The largest absolute Gasteiger partial charge is 0.370 e. The molecule has 1 unspecified atom stereocenters. The zero-order valence-electron chi connectivity index (χ0n) is 7.62. The predicted octanol–water partition coefficient (Wildman–Crippen LogP) is 0.762. The minimum Gasteiger partial charge on any atom is -0.370 e. The third-order valence-corrected chi connectivity index (χ3v) is 2.30. The second-order valence-electron chi connectivity index (χ2n) is 3.33. The topological polar surface area (TPSA) is 63.9 Å². The molecule has 1 aliphatic rings. The van der Waals surface area contributed by atoms with Gasteiger partial charge in [0.15, 0.2) is 0 Å². The van der Waals surface area contributed by atoms with Crippen molar-refractivity contribution in [3.63, 3.8) is 0 Å². The molecule has 0 aliphatic carbocycles. The summed E-state index contributed by atoms with van der Waals surface area (Å²) in [6.45, 7) is 1.52. The number of ether oxygens (including phenoxy) is 1. The quantitative estimate of drug-likeness (QED) is 0.723. The Morgan fingerprint density at radius 3 is 3.31 bits per heavy atom. The summed E-state index contributed by atoms with van der Waals surface area (Å²) in [5.41, 5.74) is 6.55. The Labute approximate surface area is 77.5 Å². The molecule has 0 spiro atoms. The van der Waals surface area contributed by atoms with Gasteiger partial charge < -0.3 is 15.5 Å². The van der Waals surface area contributed by atoms with Crippen molar-refractivity contribution in [1.82, 2.24) is 9.97 Å². The van der Waals surface area contributed by atoms with E-state index in [1.54, 1.807) is 0 Å². The Morgan fingerprint density at radius 1 is 1.69 bits per heavy atom. The van der Waals surface area contributed by atoms with Crippen LogP contribution < -0.4 is 5.73 Å². The number of nitrogens with one attached hydrogen (secondary N) is 1. The number of rotatable bonds is 3. The van der Waals surface area contributed by atoms with E-state index in [4.69, 9.17) is 10.5 Å². The van der Waals surface area contributed by atoms with Crippen LogP contribution in [0.25, 0.3) is 0 Å². The lowest BCUT2D eigenvalue weighted by molar-refractivity contribution is 0.105. The Morgan fingerprint density at radius 2 is 2.62 bits per heavy atom. The van der Waals surface area contributed by atoms with Gasteiger partial charge in [-0.05, 0) is 19.4 Å². The van der Waals surface area contributed by atoms with E-state index in [0.29, 0.717) is 6.54 Å². The van der Waals surface area contributed by atoms with Crippen LogP contribution in [0.1, 0.15) is 30.5 Å². The average Bonchev–Trinajstić information content (AvgIpc) is 2.70. The number of imidazole rings is 1. The Bertz CT molecular complexity index is 266. The van der Waals surface area contributed by atoms with E-state index in [9.17, 15) is 0 Å². The molecule has 1 atom stereocenters. The average molecular weight is 181 g/mol. The lowest BCUT2D eigenvalue weighted by Gasteiger charge is -2.04. The minimum atomic E-state index is 0.187. The first-order valence-corrected chi connectivity index (χ1v) is 4.75. The molecule has 4 heteroatoms. The van der Waals surface area contributed by atoms with Gasteiger partial charge in [0.25, 0.3) is 0 Å². The van der Waals surface area contributed by atoms with Crippen LogP contribution in [0.3, 0.4) is 0 Å². The van der Waals surface area contributed by atoms with E-state index in [1.807, 2.05) is 6.20 Å². The highest BCUT2D eigenvalue weighted by atomic mass is 16.5. The van der Waals surface area contributed by atoms with E-state index >= 15 is 0 Å². The first-order valence-electron chi connectivity index (χ1n) is 4.75. The molecule has 1 aliphatic heterocycles. The van der Waals surface area contributed by atoms with E-state index < -0.39 is 0 Å². The van der Waals surface area contributed by atoms with Crippen LogP contribution >= 0.6 is 0 Å². The summed E-state index contributed by atoms with van der Waals surface area (Å²) < 4.78 is 5.51. The molecule has 0 amide bonds. The second-order valence-corrected chi connectivity index (χ2v) is 3.33. The highest BCUT2D eigenvalue weighted by molar-refractivity contribution is 5.04. The molecule has 1 aromatic rings. The standard InChI is InChI=1S/C9H15N3O/c10-4-3-7-6-11-9(12-7)8-2-1-5-13-8/h6,8H,1-5,10H2,(H,11,12). The molecule has 4 nitrogen and oxygen atoms in total. The number of aromatic nitrogens is 2. The van der Waals surface area contributed by atoms with Crippen molar-refractivity contribution >= 4 is 0 Å². The second kappa shape index (κ2) is 3.89. The number of aromatic amines is 1. The Balaban J connectivity index is 2.03. The number of H-pyrrole nitrogens is 1. The summed E-state index contributed by atoms with van der Waals surface area (Å²) >= 11 is 0. The van der Waals surface area contributed by atoms with Crippen molar-refractivity contribution < 1.29 is 4.74 Å². The van der Waals surface area contributed by atoms with Crippen molar-refractivity contribution in [2.75, 3.05) is 13.2 Å². The van der Waals surface area contributed by atoms with Crippen molar-refractivity contribution in [2.45, 2.75) is 25.4 Å². The fourth-order valence-corrected chi connectivity index (χ4v) is 1.62. The molecule has 2 heterocycles. The third kappa shape index (κ3) is 1.89. The van der Waals surface area contributed by atoms with Crippen molar-refractivity contribution in [3.05, 3.63) is 17.7 Å². The normalized spacial score (nSPS) is 22.4. The van der Waals surface area contributed by atoms with Crippen LogP contribution in [-0.4, -0.2) is 23.1 Å². The molecular formula is C9H15N3O. The molecule has 3 N–H and O–H groups in total. The fourth-order valence-electron chi connectivity index (χ4n) is 1.62. The number of hydrogen-bond donors (Lipinski definition) is 2. The minimum absolute atomic E-state index is 0.187. The summed E-state index contributed by atoms with van der Waals surface area (Å²) in [5.74, 6) is 0.959. The van der Waals surface area contributed by atoms with Gasteiger partial charge in [0, 0.05) is 24.9 Å². The SMILES string of the molecule is NCCc1cnc(C2CCCO2)[nH]1. The van der Waals surface area contributed by atoms with Crippen LogP contribution in [0.15, 0.2) is 6.20 Å². The van der Waals surface area contributed by atoms with Gasteiger partial charge in [0.1, 0.15) is 11.9 Å². The summed E-state index contributed by atoms with van der Waals surface area (Å²) in [7, 11) is 0. The molecule has 13 heavy (non-hydrogen) atoms. The van der Waals surface area contributed by atoms with Gasteiger partial charge in [-0.25, -0.2) is 4.98 Å². The van der Waals surface area contributed by atoms with Crippen molar-refractivity contribution in [2.24, 2.45) is 5.73 Å². The molecule has 1 saturated heterocycles. The lowest BCUT2D eigenvalue weighted by Crippen LogP contribution is -2.03. The zero-order valence-corrected chi connectivity index (χ0v) is 7.62. The highest BCUT2D eigenvalue weighted by Crippen LogP contribution is 2.25. The molecule has 0 saturated carbocycles. The van der Waals surface area contributed by atoms with Crippen LogP contribution in [0, 0.1) is 0 Å². The summed E-state index contributed by atoms with van der Waals surface area (Å²) in [6, 6.07) is 0. The maximum atomic E-state index is 5.51. The van der Waals surface area contributed by atoms with Crippen LogP contribution in [0.5, 0.6) is 0 Å². The molecule has 2 rings (SSSR count). The molecule has 1 aromatic heterocycles. The maximum Gasteiger partial charge on any atom is 0.135 e. The van der Waals surface area contributed by atoms with Gasteiger partial charge in [-0.3, -0.25) is 0 Å². The number of nitrogens with zero attached hydrogens (tertiary/aromatic N) is 1. The van der Waals surface area contributed by atoms with E-state index in [2.05, 4.69) is 9.97 Å². The van der Waals surface area contributed by atoms with Gasteiger partial charge in [-0.1, -0.05) is 0 Å². The third-order valence-electron chi connectivity index (χ3n) is 2.30. The predicted molar refractivity (Wildman–Crippen MR) is 49.3 cm³/mol. The van der Waals surface area contributed by atoms with E-state index in [1.165, 1.54) is 0 Å². The number of hydrogen-bond acceptors (Lipinski definition) is 3. The maximum absolute atomic E-state index is 5.51. The fraction of sp³-hybridized carbons (Fsp3) is 0.667. The zero-order chi connectivity index (χ0) is 9.10. The van der Waals surface area contributed by atoms with Crippen LogP contribution in [0.2, 0.25) is 0 Å². The van der Waals surface area contributed by atoms with Gasteiger partial charge in [-0.2, -0.15) is 0 Å². The molecule has 0 aromatic carbocycles. The molecule has 0 bridgehead atoms. The van der Waals surface area contributed by atoms with Crippen LogP contribution in [-0.2, 0) is 11.2 Å². The summed E-state index contributed by atoms with van der Waals surface area (Å²) in [4.78, 5) is 7.52. The first-order chi connectivity index (χ1) is 6.40. The van der Waals surface area contributed by atoms with Crippen LogP contribution in [0.4, 0.5) is 0 Å². The Hall–Kier alpha value is -0.870. The van der Waals surface area contributed by atoms with E-state index in [-0.39, 0.29) is 6.10 Å². The van der Waals surface area contributed by atoms with E-state index in [0.717, 1.165) is 37.4 Å². The smallest absolute Gasteiger partial charge is 0.135 e. The molecule has 0 radical (unpaired) electrons. The lowest BCUT2D eigenvalue weighted by atomic mass is 10.2. The van der Waals surface area contributed by atoms with Gasteiger partial charge in [0.05, 0.1) is 0 Å². The van der Waals surface area contributed by atoms with Gasteiger partial charge in [-0.15, -0.1) is 0 Å². The first kappa shape index (κ1) is 8.72. The summed E-state index contributed by atoms with van der Waals surface area (Å²) in [5, 5.41) is 0.